The van der Waals surface area contributed by atoms with Crippen LogP contribution < -0.4 is 0 Å². The second-order valence-electron chi connectivity index (χ2n) is 9.01. The first-order chi connectivity index (χ1) is 15.1. The first-order valence-electron chi connectivity index (χ1n) is 11.4. The fourth-order valence-electron chi connectivity index (χ4n) is 4.83. The van der Waals surface area contributed by atoms with Crippen LogP contribution in [0.2, 0.25) is 0 Å². The van der Waals surface area contributed by atoms with Crippen molar-refractivity contribution < 1.29 is 13.2 Å². The van der Waals surface area contributed by atoms with E-state index in [2.05, 4.69) is 28.2 Å². The minimum atomic E-state index is -3.08. The van der Waals surface area contributed by atoms with Crippen LogP contribution in [0.5, 0.6) is 0 Å². The highest BCUT2D eigenvalue weighted by atomic mass is 32.2. The second-order valence-corrected chi connectivity index (χ2v) is 11.3. The summed E-state index contributed by atoms with van der Waals surface area (Å²) in [6.07, 6.45) is 12.1. The van der Waals surface area contributed by atoms with E-state index < -0.39 is 9.84 Å². The minimum absolute atomic E-state index is 0.129. The molecule has 5 nitrogen and oxygen atoms in total. The molecule has 1 N–H and O–H groups in total. The fraction of sp³-hybridized carbons (Fsp3) is 0.480. The summed E-state index contributed by atoms with van der Waals surface area (Å²) in [6.45, 7) is 1.67. The number of rotatable bonds is 7. The molecule has 164 valence electrons. The molecule has 2 aromatic heterocycles. The largest absolute Gasteiger partial charge is 0.381 e. The number of pyridine rings is 1. The van der Waals surface area contributed by atoms with E-state index in [-0.39, 0.29) is 11.2 Å². The zero-order valence-corrected chi connectivity index (χ0v) is 18.6. The predicted molar refractivity (Wildman–Crippen MR) is 122 cm³/mol. The van der Waals surface area contributed by atoms with E-state index in [0.29, 0.717) is 17.2 Å². The summed E-state index contributed by atoms with van der Waals surface area (Å²) in [4.78, 5) is 8.71. The second kappa shape index (κ2) is 8.75. The van der Waals surface area contributed by atoms with Crippen LogP contribution in [0.25, 0.3) is 11.4 Å². The maximum atomic E-state index is 12.6. The molecule has 1 saturated heterocycles. The van der Waals surface area contributed by atoms with Gasteiger partial charge in [-0.1, -0.05) is 17.7 Å². The summed E-state index contributed by atoms with van der Waals surface area (Å²) in [6, 6.07) is 10.2. The molecule has 3 aliphatic rings. The highest BCUT2D eigenvalue weighted by Crippen LogP contribution is 2.41. The Balaban J connectivity index is 1.43. The number of nitrogens with zero attached hydrogens (tertiary/aromatic N) is 1. The molecular weight excluding hydrogens is 408 g/mol. The van der Waals surface area contributed by atoms with Gasteiger partial charge in [-0.2, -0.15) is 0 Å². The Hall–Kier alpha value is -2.18. The highest BCUT2D eigenvalue weighted by Gasteiger charge is 2.38. The van der Waals surface area contributed by atoms with Crippen LogP contribution in [0, 0.1) is 5.92 Å². The Morgan fingerprint density at radius 3 is 2.55 bits per heavy atom. The average molecular weight is 439 g/mol. The van der Waals surface area contributed by atoms with Gasteiger partial charge in [0.25, 0.3) is 0 Å². The predicted octanol–water partition coefficient (Wildman–Crippen LogP) is 5.16. The van der Waals surface area contributed by atoms with Crippen LogP contribution >= 0.6 is 0 Å². The number of hydrogen-bond acceptors (Lipinski definition) is 4. The molecule has 6 heteroatoms. The van der Waals surface area contributed by atoms with Crippen LogP contribution in [-0.2, 0) is 14.6 Å². The fourth-order valence-corrected chi connectivity index (χ4v) is 6.66. The van der Waals surface area contributed by atoms with Gasteiger partial charge in [0.1, 0.15) is 0 Å². The van der Waals surface area contributed by atoms with Crippen LogP contribution in [0.3, 0.4) is 0 Å². The van der Waals surface area contributed by atoms with E-state index >= 15 is 0 Å². The van der Waals surface area contributed by atoms with Gasteiger partial charge >= 0.3 is 0 Å². The van der Waals surface area contributed by atoms with Crippen molar-refractivity contribution in [2.75, 3.05) is 13.2 Å². The standard InChI is InChI=1S/C25H30N2O3S/c28-31(29,21-8-9-21)20-6-4-19(5-7-20)22(17-18-12-15-30-16-13-18)23-10-11-25(27-23)24-3-1-2-14-26-24/h1-4,6,10-11,14,18,21-22,27H,5,7-9,12-13,15-17H2. The Morgan fingerprint density at radius 2 is 1.87 bits per heavy atom. The van der Waals surface area contributed by atoms with Gasteiger partial charge in [-0.3, -0.25) is 4.98 Å². The third-order valence-electron chi connectivity index (χ3n) is 6.85. The van der Waals surface area contributed by atoms with E-state index in [1.54, 1.807) is 0 Å². The number of H-pyrrole nitrogens is 1. The Bertz CT molecular complexity index is 1070. The molecule has 2 aliphatic carbocycles. The molecule has 5 rings (SSSR count). The molecule has 3 heterocycles. The molecule has 0 amide bonds. The van der Waals surface area contributed by atoms with Gasteiger partial charge in [0.2, 0.25) is 0 Å². The summed E-state index contributed by atoms with van der Waals surface area (Å²) in [5.41, 5.74) is 4.49. The molecular formula is C25H30N2O3S. The van der Waals surface area contributed by atoms with E-state index in [1.165, 1.54) is 11.3 Å². The van der Waals surface area contributed by atoms with E-state index in [0.717, 1.165) is 63.1 Å². The van der Waals surface area contributed by atoms with Crippen molar-refractivity contribution in [3.63, 3.8) is 0 Å². The lowest BCUT2D eigenvalue weighted by molar-refractivity contribution is 0.0624. The molecule has 0 radical (unpaired) electrons. The van der Waals surface area contributed by atoms with Crippen molar-refractivity contribution in [2.24, 2.45) is 5.92 Å². The maximum Gasteiger partial charge on any atom is 0.177 e. The summed E-state index contributed by atoms with van der Waals surface area (Å²) in [5, 5.41) is -0.129. The Morgan fingerprint density at radius 1 is 1.03 bits per heavy atom. The summed E-state index contributed by atoms with van der Waals surface area (Å²) in [5.74, 6) is 0.892. The van der Waals surface area contributed by atoms with Crippen LogP contribution in [0.1, 0.15) is 56.6 Å². The molecule has 0 aromatic carbocycles. The topological polar surface area (TPSA) is 72.1 Å². The zero-order chi connectivity index (χ0) is 21.3. The molecule has 2 fully saturated rings. The van der Waals surface area contributed by atoms with Gasteiger partial charge in [-0.05, 0) is 81.2 Å². The molecule has 1 saturated carbocycles. The summed E-state index contributed by atoms with van der Waals surface area (Å²) in [7, 11) is -3.08. The third kappa shape index (κ3) is 4.55. The molecule has 0 bridgehead atoms. The number of nitrogens with one attached hydrogen (secondary N) is 1. The molecule has 0 spiro atoms. The molecule has 1 atom stereocenters. The summed E-state index contributed by atoms with van der Waals surface area (Å²) >= 11 is 0. The van der Waals surface area contributed by atoms with Crippen LogP contribution in [0.15, 0.2) is 59.2 Å². The van der Waals surface area contributed by atoms with E-state index in [9.17, 15) is 8.42 Å². The maximum absolute atomic E-state index is 12.6. The normalized spacial score (nSPS) is 21.4. The first-order valence-corrected chi connectivity index (χ1v) is 13.0. The molecule has 1 aliphatic heterocycles. The smallest absolute Gasteiger partial charge is 0.177 e. The minimum Gasteiger partial charge on any atom is -0.381 e. The van der Waals surface area contributed by atoms with Gasteiger partial charge in [0.15, 0.2) is 9.84 Å². The third-order valence-corrected chi connectivity index (χ3v) is 9.27. The van der Waals surface area contributed by atoms with Gasteiger partial charge < -0.3 is 9.72 Å². The van der Waals surface area contributed by atoms with Crippen molar-refractivity contribution in [3.05, 3.63) is 64.9 Å². The number of aromatic nitrogens is 2. The average Bonchev–Trinajstić information content (AvgIpc) is 3.57. The summed E-state index contributed by atoms with van der Waals surface area (Å²) < 4.78 is 30.9. The number of sulfone groups is 1. The molecule has 31 heavy (non-hydrogen) atoms. The van der Waals surface area contributed by atoms with Crippen molar-refractivity contribution >= 4 is 9.84 Å². The number of ether oxygens (including phenoxy) is 1. The molecule has 2 aromatic rings. The monoisotopic (exact) mass is 438 g/mol. The van der Waals surface area contributed by atoms with Crippen molar-refractivity contribution in [1.29, 1.82) is 0 Å². The van der Waals surface area contributed by atoms with E-state index in [1.807, 2.05) is 30.5 Å². The Kier molecular flexibility index (Phi) is 5.85. The lowest BCUT2D eigenvalue weighted by Gasteiger charge is -2.29. The number of hydrogen-bond donors (Lipinski definition) is 1. The highest BCUT2D eigenvalue weighted by molar-refractivity contribution is 7.96. The number of allylic oxidation sites excluding steroid dienone is 4. The number of aromatic amines is 1. The Labute approximate surface area is 184 Å². The molecule has 1 unspecified atom stereocenters. The van der Waals surface area contributed by atoms with E-state index in [4.69, 9.17) is 4.74 Å². The first kappa shape index (κ1) is 20.7. The lowest BCUT2D eigenvalue weighted by Crippen LogP contribution is -2.20. The van der Waals surface area contributed by atoms with Crippen LogP contribution in [-0.4, -0.2) is 36.8 Å². The van der Waals surface area contributed by atoms with Crippen LogP contribution in [0.4, 0.5) is 0 Å². The lowest BCUT2D eigenvalue weighted by atomic mass is 9.80. The van der Waals surface area contributed by atoms with Gasteiger partial charge in [0, 0.05) is 35.9 Å². The SMILES string of the molecule is O=S(=O)(C1=CC=C(C(CC2CCOCC2)c2ccc(-c3ccccn3)[nH]2)CC1)C1CC1. The van der Waals surface area contributed by atoms with Crippen molar-refractivity contribution in [2.45, 2.75) is 56.1 Å². The van der Waals surface area contributed by atoms with Crippen molar-refractivity contribution in [1.82, 2.24) is 9.97 Å². The zero-order valence-electron chi connectivity index (χ0n) is 17.8. The van der Waals surface area contributed by atoms with Crippen molar-refractivity contribution in [3.8, 4) is 11.4 Å². The van der Waals surface area contributed by atoms with Gasteiger partial charge in [-0.15, -0.1) is 0 Å². The quantitative estimate of drug-likeness (QED) is 0.648. The van der Waals surface area contributed by atoms with Gasteiger partial charge in [-0.25, -0.2) is 8.42 Å². The van der Waals surface area contributed by atoms with Gasteiger partial charge in [0.05, 0.1) is 16.6 Å².